The third kappa shape index (κ3) is 2.22. The molecule has 0 saturated heterocycles. The van der Waals surface area contributed by atoms with Crippen molar-refractivity contribution >= 4 is 0 Å². The van der Waals surface area contributed by atoms with Gasteiger partial charge in [-0.05, 0) is 26.0 Å². The highest BCUT2D eigenvalue weighted by atomic mass is 16.5. The van der Waals surface area contributed by atoms with E-state index in [0.717, 1.165) is 17.7 Å². The number of benzene rings is 1. The van der Waals surface area contributed by atoms with Crippen molar-refractivity contribution in [2.45, 2.75) is 32.5 Å². The van der Waals surface area contributed by atoms with E-state index in [-0.39, 0.29) is 6.10 Å². The first-order valence-corrected chi connectivity index (χ1v) is 5.76. The molecular formula is C14H16O3. The maximum atomic E-state index is 9.76. The number of hydrogen-bond donors (Lipinski definition) is 1. The van der Waals surface area contributed by atoms with E-state index < -0.39 is 6.10 Å². The summed E-state index contributed by atoms with van der Waals surface area (Å²) < 4.78 is 11.1. The van der Waals surface area contributed by atoms with Gasteiger partial charge in [0.2, 0.25) is 0 Å². The normalized spacial score (nSPS) is 19.1. The van der Waals surface area contributed by atoms with Gasteiger partial charge in [-0.15, -0.1) is 6.42 Å². The molecule has 2 unspecified atom stereocenters. The van der Waals surface area contributed by atoms with Crippen LogP contribution >= 0.6 is 0 Å². The highest BCUT2D eigenvalue weighted by molar-refractivity contribution is 5.50. The van der Waals surface area contributed by atoms with Crippen LogP contribution in [0.25, 0.3) is 0 Å². The Balaban J connectivity index is 2.44. The molecular weight excluding hydrogens is 216 g/mol. The maximum absolute atomic E-state index is 9.76. The first-order chi connectivity index (χ1) is 8.15. The van der Waals surface area contributed by atoms with Crippen LogP contribution in [0.15, 0.2) is 12.1 Å². The summed E-state index contributed by atoms with van der Waals surface area (Å²) in [6.45, 7) is 4.45. The average molecular weight is 232 g/mol. The fourth-order valence-electron chi connectivity index (χ4n) is 2.04. The molecule has 17 heavy (non-hydrogen) atoms. The SMILES string of the molecule is C#CC(O)c1cc2c(cc1OCC)CC(C)O2. The first kappa shape index (κ1) is 11.8. The molecule has 0 amide bonds. The van der Waals surface area contributed by atoms with Gasteiger partial charge in [-0.3, -0.25) is 0 Å². The Bertz CT molecular complexity index is 459. The summed E-state index contributed by atoms with van der Waals surface area (Å²) in [6, 6.07) is 3.70. The van der Waals surface area contributed by atoms with Gasteiger partial charge in [0.25, 0.3) is 0 Å². The zero-order valence-corrected chi connectivity index (χ0v) is 10.1. The second-order valence-corrected chi connectivity index (χ2v) is 4.13. The van der Waals surface area contributed by atoms with Gasteiger partial charge in [-0.2, -0.15) is 0 Å². The molecule has 0 bridgehead atoms. The van der Waals surface area contributed by atoms with Crippen LogP contribution in [-0.2, 0) is 6.42 Å². The average Bonchev–Trinajstić information content (AvgIpc) is 2.66. The number of aliphatic hydroxyl groups is 1. The monoisotopic (exact) mass is 232 g/mol. The fourth-order valence-corrected chi connectivity index (χ4v) is 2.04. The Morgan fingerprint density at radius 2 is 2.41 bits per heavy atom. The lowest BCUT2D eigenvalue weighted by atomic mass is 10.0. The molecule has 1 heterocycles. The van der Waals surface area contributed by atoms with Crippen LogP contribution in [0.4, 0.5) is 0 Å². The molecule has 1 N–H and O–H groups in total. The lowest BCUT2D eigenvalue weighted by Gasteiger charge is -2.13. The molecule has 3 nitrogen and oxygen atoms in total. The lowest BCUT2D eigenvalue weighted by Crippen LogP contribution is -2.05. The molecule has 0 radical (unpaired) electrons. The smallest absolute Gasteiger partial charge is 0.143 e. The topological polar surface area (TPSA) is 38.7 Å². The Morgan fingerprint density at radius 3 is 3.06 bits per heavy atom. The van der Waals surface area contributed by atoms with Crippen LogP contribution < -0.4 is 9.47 Å². The summed E-state index contributed by atoms with van der Waals surface area (Å²) in [5.41, 5.74) is 1.70. The van der Waals surface area contributed by atoms with Crippen LogP contribution in [0.3, 0.4) is 0 Å². The molecule has 3 heteroatoms. The third-order valence-electron chi connectivity index (χ3n) is 2.78. The van der Waals surface area contributed by atoms with Crippen molar-refractivity contribution in [1.29, 1.82) is 0 Å². The van der Waals surface area contributed by atoms with E-state index in [9.17, 15) is 5.11 Å². The Hall–Kier alpha value is -1.66. The number of aliphatic hydroxyl groups excluding tert-OH is 1. The summed E-state index contributed by atoms with van der Waals surface area (Å²) >= 11 is 0. The van der Waals surface area contributed by atoms with Crippen molar-refractivity contribution in [1.82, 2.24) is 0 Å². The summed E-state index contributed by atoms with van der Waals surface area (Å²) in [5.74, 6) is 3.75. The quantitative estimate of drug-likeness (QED) is 0.811. The molecule has 2 rings (SSSR count). The minimum atomic E-state index is -0.957. The molecule has 1 aliphatic heterocycles. The summed E-state index contributed by atoms with van der Waals surface area (Å²) in [5, 5.41) is 9.76. The molecule has 0 aromatic heterocycles. The summed E-state index contributed by atoms with van der Waals surface area (Å²) in [4.78, 5) is 0. The van der Waals surface area contributed by atoms with E-state index in [0.29, 0.717) is 17.9 Å². The van der Waals surface area contributed by atoms with Crippen LogP contribution in [0.2, 0.25) is 0 Å². The van der Waals surface area contributed by atoms with Crippen molar-refractivity contribution in [3.05, 3.63) is 23.3 Å². The number of hydrogen-bond acceptors (Lipinski definition) is 3. The summed E-state index contributed by atoms with van der Waals surface area (Å²) in [6.07, 6.45) is 5.32. The molecule has 0 saturated carbocycles. The van der Waals surface area contributed by atoms with E-state index in [4.69, 9.17) is 15.9 Å². The highest BCUT2D eigenvalue weighted by Gasteiger charge is 2.23. The summed E-state index contributed by atoms with van der Waals surface area (Å²) in [7, 11) is 0. The first-order valence-electron chi connectivity index (χ1n) is 5.76. The van der Waals surface area contributed by atoms with Gasteiger partial charge >= 0.3 is 0 Å². The van der Waals surface area contributed by atoms with Crippen LogP contribution in [0, 0.1) is 12.3 Å². The zero-order chi connectivity index (χ0) is 12.4. The van der Waals surface area contributed by atoms with E-state index in [1.54, 1.807) is 6.07 Å². The van der Waals surface area contributed by atoms with Crippen molar-refractivity contribution in [2.24, 2.45) is 0 Å². The Labute approximate surface area is 101 Å². The predicted molar refractivity (Wildman–Crippen MR) is 65.2 cm³/mol. The molecule has 0 spiro atoms. The lowest BCUT2D eigenvalue weighted by molar-refractivity contribution is 0.226. The van der Waals surface area contributed by atoms with Gasteiger partial charge in [0.1, 0.15) is 23.7 Å². The molecule has 0 aliphatic carbocycles. The fraction of sp³-hybridized carbons (Fsp3) is 0.429. The predicted octanol–water partition coefficient (Wildman–Crippen LogP) is 2.08. The Kier molecular flexibility index (Phi) is 3.26. The van der Waals surface area contributed by atoms with Crippen molar-refractivity contribution in [2.75, 3.05) is 6.61 Å². The van der Waals surface area contributed by atoms with Gasteiger partial charge < -0.3 is 14.6 Å². The zero-order valence-electron chi connectivity index (χ0n) is 10.1. The van der Waals surface area contributed by atoms with Crippen molar-refractivity contribution in [3.63, 3.8) is 0 Å². The van der Waals surface area contributed by atoms with E-state index in [1.807, 2.05) is 19.9 Å². The number of rotatable bonds is 3. The van der Waals surface area contributed by atoms with Crippen LogP contribution in [0.5, 0.6) is 11.5 Å². The van der Waals surface area contributed by atoms with Crippen LogP contribution in [0.1, 0.15) is 31.1 Å². The highest BCUT2D eigenvalue weighted by Crippen LogP contribution is 2.37. The van der Waals surface area contributed by atoms with Gasteiger partial charge in [-0.25, -0.2) is 0 Å². The van der Waals surface area contributed by atoms with Crippen molar-refractivity contribution in [3.8, 4) is 23.8 Å². The van der Waals surface area contributed by atoms with Gasteiger partial charge in [-0.1, -0.05) is 5.92 Å². The van der Waals surface area contributed by atoms with Crippen molar-refractivity contribution < 1.29 is 14.6 Å². The molecule has 2 atom stereocenters. The largest absolute Gasteiger partial charge is 0.493 e. The van der Waals surface area contributed by atoms with E-state index in [2.05, 4.69) is 5.92 Å². The molecule has 1 aliphatic rings. The molecule has 1 aromatic rings. The second kappa shape index (κ2) is 4.68. The molecule has 0 fully saturated rings. The third-order valence-corrected chi connectivity index (χ3v) is 2.78. The molecule has 90 valence electrons. The molecule has 1 aromatic carbocycles. The van der Waals surface area contributed by atoms with Gasteiger partial charge in [0.05, 0.1) is 6.61 Å². The van der Waals surface area contributed by atoms with E-state index >= 15 is 0 Å². The van der Waals surface area contributed by atoms with Gasteiger partial charge in [0.15, 0.2) is 0 Å². The van der Waals surface area contributed by atoms with Crippen LogP contribution in [-0.4, -0.2) is 17.8 Å². The number of fused-ring (bicyclic) bond motifs is 1. The standard InChI is InChI=1S/C14H16O3/c1-4-12(15)11-8-13-10(6-9(3)17-13)7-14(11)16-5-2/h1,7-9,12,15H,5-6H2,2-3H3. The number of terminal acetylenes is 1. The second-order valence-electron chi connectivity index (χ2n) is 4.13. The minimum absolute atomic E-state index is 0.165. The Morgan fingerprint density at radius 1 is 1.65 bits per heavy atom. The van der Waals surface area contributed by atoms with Gasteiger partial charge in [0, 0.05) is 17.5 Å². The van der Waals surface area contributed by atoms with E-state index in [1.165, 1.54) is 0 Å². The maximum Gasteiger partial charge on any atom is 0.143 e. The number of ether oxygens (including phenoxy) is 2. The minimum Gasteiger partial charge on any atom is -0.493 e.